The molecule has 1 heterocycles. The first-order chi connectivity index (χ1) is 14.5. The first-order valence-corrected chi connectivity index (χ1v) is 10.4. The van der Waals surface area contributed by atoms with Crippen LogP contribution in [0, 0.1) is 0 Å². The highest BCUT2D eigenvalue weighted by Gasteiger charge is 2.73. The topological polar surface area (TPSA) is 82.1 Å². The van der Waals surface area contributed by atoms with E-state index in [0.29, 0.717) is 11.4 Å². The summed E-state index contributed by atoms with van der Waals surface area (Å²) in [7, 11) is 1.53. The van der Waals surface area contributed by atoms with Crippen molar-refractivity contribution in [2.75, 3.05) is 25.2 Å². The van der Waals surface area contributed by atoms with Gasteiger partial charge in [0.15, 0.2) is 0 Å². The lowest BCUT2D eigenvalue weighted by Gasteiger charge is -2.52. The van der Waals surface area contributed by atoms with Crippen LogP contribution in [0.3, 0.4) is 0 Å². The molecule has 0 aliphatic carbocycles. The van der Waals surface area contributed by atoms with E-state index in [1.54, 1.807) is 38.1 Å². The Bertz CT molecular complexity index is 897. The monoisotopic (exact) mass is 429 g/mol. The third-order valence-electron chi connectivity index (χ3n) is 4.68. The second-order valence-corrected chi connectivity index (χ2v) is 7.57. The molecule has 158 valence electrons. The highest BCUT2D eigenvalue weighted by molar-refractivity contribution is 8.01. The SMILES string of the molecule is CCOC(=O)C1(C(=O)OCC)[C@H](Sc2ccccc2)C(=O)N1c1ccc(OC)cc1. The molecule has 0 radical (unpaired) electrons. The van der Waals surface area contributed by atoms with Crippen molar-refractivity contribution >= 4 is 35.3 Å². The summed E-state index contributed by atoms with van der Waals surface area (Å²) in [6.45, 7) is 3.42. The number of carbonyl (C=O) groups excluding carboxylic acids is 3. The zero-order valence-electron chi connectivity index (χ0n) is 17.0. The number of methoxy groups -OCH3 is 1. The van der Waals surface area contributed by atoms with Crippen LogP contribution in [0.15, 0.2) is 59.5 Å². The predicted octanol–water partition coefficient (Wildman–Crippen LogP) is 3.07. The first-order valence-electron chi connectivity index (χ1n) is 9.54. The van der Waals surface area contributed by atoms with Gasteiger partial charge in [-0.25, -0.2) is 9.59 Å². The van der Waals surface area contributed by atoms with Gasteiger partial charge in [-0.1, -0.05) is 18.2 Å². The minimum atomic E-state index is -1.92. The average molecular weight is 429 g/mol. The number of esters is 2. The predicted molar refractivity (Wildman–Crippen MR) is 113 cm³/mol. The first kappa shape index (κ1) is 21.7. The van der Waals surface area contributed by atoms with E-state index in [1.165, 1.54) is 12.0 Å². The Kier molecular flexibility index (Phi) is 6.66. The molecule has 1 fully saturated rings. The molecule has 1 amide bonds. The fraction of sp³-hybridized carbons (Fsp3) is 0.318. The number of rotatable bonds is 8. The van der Waals surface area contributed by atoms with Crippen LogP contribution >= 0.6 is 11.8 Å². The van der Waals surface area contributed by atoms with Gasteiger partial charge in [0, 0.05) is 10.6 Å². The number of nitrogens with zero attached hydrogens (tertiary/aromatic N) is 1. The van der Waals surface area contributed by atoms with Crippen molar-refractivity contribution in [1.29, 1.82) is 0 Å². The van der Waals surface area contributed by atoms with Crippen molar-refractivity contribution in [3.05, 3.63) is 54.6 Å². The summed E-state index contributed by atoms with van der Waals surface area (Å²) in [5, 5.41) is -1.01. The van der Waals surface area contributed by atoms with Crippen molar-refractivity contribution in [3.8, 4) is 5.75 Å². The third kappa shape index (κ3) is 3.63. The molecule has 1 aliphatic rings. The average Bonchev–Trinajstić information content (AvgIpc) is 2.76. The molecular weight excluding hydrogens is 406 g/mol. The lowest BCUT2D eigenvalue weighted by atomic mass is 9.82. The molecule has 30 heavy (non-hydrogen) atoms. The minimum Gasteiger partial charge on any atom is -0.497 e. The Hall–Kier alpha value is -3.00. The van der Waals surface area contributed by atoms with Crippen LogP contribution in [-0.4, -0.2) is 49.0 Å². The molecule has 1 saturated heterocycles. The summed E-state index contributed by atoms with van der Waals surface area (Å²) in [6, 6.07) is 15.7. The van der Waals surface area contributed by atoms with Crippen LogP contribution in [0.4, 0.5) is 5.69 Å². The Morgan fingerprint density at radius 2 is 1.53 bits per heavy atom. The molecule has 7 nitrogen and oxygen atoms in total. The van der Waals surface area contributed by atoms with E-state index in [9.17, 15) is 14.4 Å². The molecule has 1 aliphatic heterocycles. The molecule has 0 bridgehead atoms. The van der Waals surface area contributed by atoms with E-state index in [1.807, 2.05) is 30.3 Å². The number of carbonyl (C=O) groups is 3. The smallest absolute Gasteiger partial charge is 0.346 e. The van der Waals surface area contributed by atoms with E-state index >= 15 is 0 Å². The molecule has 3 rings (SSSR count). The fourth-order valence-electron chi connectivity index (χ4n) is 3.32. The van der Waals surface area contributed by atoms with Crippen LogP contribution in [0.5, 0.6) is 5.75 Å². The van der Waals surface area contributed by atoms with E-state index < -0.39 is 22.7 Å². The Morgan fingerprint density at radius 1 is 0.967 bits per heavy atom. The number of amides is 1. The largest absolute Gasteiger partial charge is 0.497 e. The van der Waals surface area contributed by atoms with Crippen molar-refractivity contribution < 1.29 is 28.6 Å². The van der Waals surface area contributed by atoms with E-state index in [-0.39, 0.29) is 19.1 Å². The summed E-state index contributed by atoms with van der Waals surface area (Å²) in [5.41, 5.74) is -1.54. The van der Waals surface area contributed by atoms with Crippen molar-refractivity contribution in [2.24, 2.45) is 0 Å². The molecule has 2 aromatic rings. The maximum Gasteiger partial charge on any atom is 0.346 e. The number of anilines is 1. The summed E-state index contributed by atoms with van der Waals surface area (Å²) < 4.78 is 15.7. The summed E-state index contributed by atoms with van der Waals surface area (Å²) >= 11 is 1.14. The van der Waals surface area contributed by atoms with Crippen LogP contribution in [-0.2, 0) is 23.9 Å². The zero-order valence-corrected chi connectivity index (χ0v) is 17.8. The van der Waals surface area contributed by atoms with Gasteiger partial charge in [-0.15, -0.1) is 11.8 Å². The van der Waals surface area contributed by atoms with Gasteiger partial charge in [-0.2, -0.15) is 0 Å². The molecule has 0 spiro atoms. The lowest BCUT2D eigenvalue weighted by Crippen LogP contribution is -2.81. The number of ether oxygens (including phenoxy) is 3. The molecule has 8 heteroatoms. The number of thioether (sulfide) groups is 1. The zero-order chi connectivity index (χ0) is 21.7. The minimum absolute atomic E-state index is 0.0629. The molecule has 2 aromatic carbocycles. The van der Waals surface area contributed by atoms with Crippen LogP contribution in [0.1, 0.15) is 13.8 Å². The number of benzene rings is 2. The maximum absolute atomic E-state index is 13.2. The molecule has 0 unspecified atom stereocenters. The number of β-lactam (4-membered cyclic amide) rings is 1. The maximum atomic E-state index is 13.2. The van der Waals surface area contributed by atoms with Gasteiger partial charge in [0.1, 0.15) is 11.0 Å². The Morgan fingerprint density at radius 3 is 2.03 bits per heavy atom. The summed E-state index contributed by atoms with van der Waals surface area (Å²) in [5.74, 6) is -1.42. The summed E-state index contributed by atoms with van der Waals surface area (Å²) in [4.78, 5) is 41.5. The van der Waals surface area contributed by atoms with E-state index in [2.05, 4.69) is 0 Å². The van der Waals surface area contributed by atoms with Gasteiger partial charge < -0.3 is 14.2 Å². The van der Waals surface area contributed by atoms with Gasteiger partial charge in [-0.3, -0.25) is 9.69 Å². The second-order valence-electron chi connectivity index (χ2n) is 6.39. The Balaban J connectivity index is 2.10. The van der Waals surface area contributed by atoms with Gasteiger partial charge in [0.05, 0.1) is 20.3 Å². The fourth-order valence-corrected chi connectivity index (χ4v) is 4.58. The number of hydrogen-bond donors (Lipinski definition) is 0. The molecule has 0 aromatic heterocycles. The van der Waals surface area contributed by atoms with Gasteiger partial charge in [0.25, 0.3) is 5.54 Å². The quantitative estimate of drug-likeness (QED) is 0.362. The molecule has 0 saturated carbocycles. The highest BCUT2D eigenvalue weighted by Crippen LogP contribution is 2.48. The highest BCUT2D eigenvalue weighted by atomic mass is 32.2. The Labute approximate surface area is 179 Å². The number of hydrogen-bond acceptors (Lipinski definition) is 7. The van der Waals surface area contributed by atoms with E-state index in [0.717, 1.165) is 16.7 Å². The van der Waals surface area contributed by atoms with Crippen LogP contribution in [0.25, 0.3) is 0 Å². The third-order valence-corrected chi connectivity index (χ3v) is 6.00. The van der Waals surface area contributed by atoms with Crippen LogP contribution < -0.4 is 9.64 Å². The van der Waals surface area contributed by atoms with Gasteiger partial charge in [-0.05, 0) is 50.2 Å². The standard InChI is InChI=1S/C22H23NO6S/c1-4-28-20(25)22(21(26)29-5-2)18(30-17-9-7-6-8-10-17)19(24)23(22)15-11-13-16(27-3)14-12-15/h6-14,18H,4-5H2,1-3H3/t18-/m1/s1. The van der Waals surface area contributed by atoms with Crippen molar-refractivity contribution in [2.45, 2.75) is 29.5 Å². The molecule has 1 atom stereocenters. The van der Waals surface area contributed by atoms with Crippen molar-refractivity contribution in [3.63, 3.8) is 0 Å². The second kappa shape index (κ2) is 9.21. The van der Waals surface area contributed by atoms with Gasteiger partial charge >= 0.3 is 11.9 Å². The van der Waals surface area contributed by atoms with Crippen molar-refractivity contribution in [1.82, 2.24) is 0 Å². The normalized spacial score (nSPS) is 17.1. The van der Waals surface area contributed by atoms with Gasteiger partial charge in [0.2, 0.25) is 5.91 Å². The lowest BCUT2D eigenvalue weighted by molar-refractivity contribution is -0.170. The summed E-state index contributed by atoms with van der Waals surface area (Å²) in [6.07, 6.45) is 0. The van der Waals surface area contributed by atoms with Crippen LogP contribution in [0.2, 0.25) is 0 Å². The molecule has 0 N–H and O–H groups in total. The molecular formula is C22H23NO6S. The van der Waals surface area contributed by atoms with E-state index in [4.69, 9.17) is 14.2 Å².